The molecule has 0 aromatic rings. The fourth-order valence-corrected chi connectivity index (χ4v) is 0. The summed E-state index contributed by atoms with van der Waals surface area (Å²) < 4.78 is 0.720. The lowest BCUT2D eigenvalue weighted by molar-refractivity contribution is 1.45. The van der Waals surface area contributed by atoms with Crippen LogP contribution in [0.5, 0.6) is 0 Å². The molecule has 0 radical (unpaired) electrons. The first kappa shape index (κ1) is 8.82. The zero-order valence-electron chi connectivity index (χ0n) is 2.37. The predicted octanol–water partition coefficient (Wildman–Crippen LogP) is 0.500. The van der Waals surface area contributed by atoms with E-state index in [2.05, 4.69) is 22.6 Å². The van der Waals surface area contributed by atoms with Crippen molar-refractivity contribution in [3.8, 4) is 0 Å². The molecule has 3 heteroatoms. The minimum atomic E-state index is 0. The molecule has 2 nitrogen and oxygen atoms in total. The molecule has 0 aliphatic carbocycles. The minimum absolute atomic E-state index is 0. The van der Waals surface area contributed by atoms with Crippen LogP contribution in [0.4, 0.5) is 0 Å². The van der Waals surface area contributed by atoms with Gasteiger partial charge in [0.2, 0.25) is 0 Å². The van der Waals surface area contributed by atoms with Crippen LogP contribution < -0.4 is 11.9 Å². The Balaban J connectivity index is 0. The van der Waals surface area contributed by atoms with Crippen LogP contribution in [0.2, 0.25) is 0 Å². The molecule has 0 bridgehead atoms. The first-order chi connectivity index (χ1) is 1.41. The highest BCUT2D eigenvalue weighted by Gasteiger charge is 1.35. The molecule has 0 heterocycles. The third-order valence-corrected chi connectivity index (χ3v) is 0. The van der Waals surface area contributed by atoms with Crippen molar-refractivity contribution in [2.24, 2.45) is 5.73 Å². The van der Waals surface area contributed by atoms with Gasteiger partial charge in [-0.1, -0.05) is 22.6 Å². The second-order valence-corrected chi connectivity index (χ2v) is 1.04. The van der Waals surface area contributed by atoms with E-state index < -0.39 is 0 Å². The molecule has 0 unspecified atom stereocenters. The van der Waals surface area contributed by atoms with Gasteiger partial charge < -0.3 is 11.9 Å². The second-order valence-electron chi connectivity index (χ2n) is 0.154. The lowest BCUT2D eigenvalue weighted by Crippen LogP contribution is -1.82. The molecule has 28 valence electrons. The van der Waals surface area contributed by atoms with Crippen LogP contribution in [0.25, 0.3) is 0 Å². The molecule has 0 aliphatic heterocycles. The Bertz CT molecular complexity index is 6.00. The molecule has 0 aromatic carbocycles. The summed E-state index contributed by atoms with van der Waals surface area (Å²) in [4.78, 5) is 0. The summed E-state index contributed by atoms with van der Waals surface area (Å²) in [5.74, 6) is 0. The molecular weight excluding hydrogens is 167 g/mol. The van der Waals surface area contributed by atoms with Gasteiger partial charge in [-0.25, -0.2) is 0 Å². The first-order valence-corrected chi connectivity index (χ1v) is 2.20. The topological polar surface area (TPSA) is 61.0 Å². The first-order valence-electron chi connectivity index (χ1n) is 0.676. The maximum absolute atomic E-state index is 4.83. The van der Waals surface area contributed by atoms with Crippen molar-refractivity contribution >= 4 is 22.6 Å². The molecule has 0 spiro atoms. The summed E-state index contributed by atoms with van der Waals surface area (Å²) in [5.41, 5.74) is 4.83. The number of nitrogens with two attached hydrogens (primary N) is 1. The third kappa shape index (κ3) is 17.1. The van der Waals surface area contributed by atoms with Gasteiger partial charge in [0.25, 0.3) is 0 Å². The third-order valence-electron chi connectivity index (χ3n) is 0. The number of alkyl halides is 1. The molecule has 0 aromatic heterocycles. The second kappa shape index (κ2) is 9.41. The van der Waals surface area contributed by atoms with Crippen LogP contribution in [0.15, 0.2) is 0 Å². The summed E-state index contributed by atoms with van der Waals surface area (Å²) in [5, 5.41) is 0. The van der Waals surface area contributed by atoms with Crippen LogP contribution in [0.1, 0.15) is 0 Å². The van der Waals surface area contributed by atoms with E-state index >= 15 is 0 Å². The van der Waals surface area contributed by atoms with Crippen molar-refractivity contribution in [2.75, 3.05) is 4.55 Å². The average Bonchev–Trinajstić information content (AvgIpc) is 0.918. The van der Waals surface area contributed by atoms with Gasteiger partial charge in [0, 0.05) is 4.55 Å². The van der Waals surface area contributed by atoms with Crippen LogP contribution in [-0.2, 0) is 0 Å². The zero-order valence-corrected chi connectivity index (χ0v) is 4.53. The molecule has 0 rings (SSSR count). The fraction of sp³-hybridized carbons (Fsp3) is 1.00. The van der Waals surface area contributed by atoms with E-state index in [4.69, 9.17) is 5.73 Å². The van der Waals surface area contributed by atoms with Gasteiger partial charge in [0.15, 0.2) is 0 Å². The molecule has 4 heavy (non-hydrogen) atoms. The Labute approximate surface area is 39.5 Å². The van der Waals surface area contributed by atoms with Gasteiger partial charge in [-0.3, -0.25) is 0 Å². The Morgan fingerprint density at radius 2 is 1.75 bits per heavy atom. The quantitative estimate of drug-likeness (QED) is 0.319. The molecular formula is CH7IN2. The van der Waals surface area contributed by atoms with Gasteiger partial charge in [0.05, 0.1) is 0 Å². The molecule has 0 fully saturated rings. The average molecular weight is 174 g/mol. The molecule has 0 saturated heterocycles. The van der Waals surface area contributed by atoms with Crippen molar-refractivity contribution in [3.05, 3.63) is 0 Å². The number of hydrogen-bond acceptors (Lipinski definition) is 2. The SMILES string of the molecule is N.NCI. The van der Waals surface area contributed by atoms with E-state index in [0.29, 0.717) is 0 Å². The maximum atomic E-state index is 4.83. The highest BCUT2D eigenvalue weighted by Crippen LogP contribution is 1.59. The lowest BCUT2D eigenvalue weighted by atomic mass is 11.6. The normalized spacial score (nSPS) is 4.50. The van der Waals surface area contributed by atoms with E-state index in [1.165, 1.54) is 0 Å². The largest absolute Gasteiger partial charge is 0.344 e. The van der Waals surface area contributed by atoms with E-state index in [0.717, 1.165) is 4.55 Å². The fourth-order valence-electron chi connectivity index (χ4n) is 0. The number of rotatable bonds is 0. The zero-order chi connectivity index (χ0) is 2.71. The summed E-state index contributed by atoms with van der Waals surface area (Å²) in [6.45, 7) is 0. The molecule has 5 N–H and O–H groups in total. The maximum Gasteiger partial charge on any atom is 0.0454 e. The Hall–Kier alpha value is 0.650. The monoisotopic (exact) mass is 174 g/mol. The molecule has 0 atom stereocenters. The van der Waals surface area contributed by atoms with Crippen molar-refractivity contribution in [1.29, 1.82) is 0 Å². The van der Waals surface area contributed by atoms with Gasteiger partial charge in [-0.2, -0.15) is 0 Å². The van der Waals surface area contributed by atoms with E-state index in [1.807, 2.05) is 0 Å². The Morgan fingerprint density at radius 1 is 1.75 bits per heavy atom. The number of halogens is 1. The van der Waals surface area contributed by atoms with E-state index in [9.17, 15) is 0 Å². The lowest BCUT2D eigenvalue weighted by Gasteiger charge is -1.50. The van der Waals surface area contributed by atoms with E-state index in [1.54, 1.807) is 0 Å². The van der Waals surface area contributed by atoms with Crippen molar-refractivity contribution in [1.82, 2.24) is 6.15 Å². The summed E-state index contributed by atoms with van der Waals surface area (Å²) in [6, 6.07) is 0. The Kier molecular flexibility index (Phi) is 20.8. The number of hydrogen-bond donors (Lipinski definition) is 2. The van der Waals surface area contributed by atoms with Crippen molar-refractivity contribution in [3.63, 3.8) is 0 Å². The standard InChI is InChI=1S/CH4IN.H3N/c2-1-3;/h1,3H2;1H3. The van der Waals surface area contributed by atoms with Gasteiger partial charge in [-0.05, 0) is 0 Å². The van der Waals surface area contributed by atoms with Crippen LogP contribution >= 0.6 is 22.6 Å². The molecule has 0 aliphatic rings. The summed E-state index contributed by atoms with van der Waals surface area (Å²) in [6.07, 6.45) is 0. The van der Waals surface area contributed by atoms with Crippen molar-refractivity contribution in [2.45, 2.75) is 0 Å². The van der Waals surface area contributed by atoms with Crippen LogP contribution in [0, 0.1) is 0 Å². The molecule has 0 amide bonds. The van der Waals surface area contributed by atoms with Crippen molar-refractivity contribution < 1.29 is 0 Å². The molecule has 0 saturated carbocycles. The highest BCUT2D eigenvalue weighted by molar-refractivity contribution is 14.1. The van der Waals surface area contributed by atoms with Gasteiger partial charge in [0.1, 0.15) is 0 Å². The predicted molar refractivity (Wildman–Crippen MR) is 28.1 cm³/mol. The van der Waals surface area contributed by atoms with Gasteiger partial charge >= 0.3 is 0 Å². The Morgan fingerprint density at radius 3 is 1.75 bits per heavy atom. The highest BCUT2D eigenvalue weighted by atomic mass is 127. The minimum Gasteiger partial charge on any atom is -0.344 e. The van der Waals surface area contributed by atoms with Crippen LogP contribution in [0.3, 0.4) is 0 Å². The summed E-state index contributed by atoms with van der Waals surface area (Å²) in [7, 11) is 0. The van der Waals surface area contributed by atoms with Gasteiger partial charge in [-0.15, -0.1) is 0 Å². The smallest absolute Gasteiger partial charge is 0.0454 e. The van der Waals surface area contributed by atoms with Crippen LogP contribution in [-0.4, -0.2) is 4.55 Å². The van der Waals surface area contributed by atoms with E-state index in [-0.39, 0.29) is 6.15 Å². The summed E-state index contributed by atoms with van der Waals surface area (Å²) >= 11 is 2.07.